The minimum atomic E-state index is -0.311. The van der Waals surface area contributed by atoms with Gasteiger partial charge in [0, 0.05) is 6.07 Å². The average molecular weight is 228 g/mol. The van der Waals surface area contributed by atoms with Gasteiger partial charge in [0.2, 0.25) is 5.88 Å². The van der Waals surface area contributed by atoms with Crippen molar-refractivity contribution >= 4 is 0 Å². The summed E-state index contributed by atoms with van der Waals surface area (Å²) in [5.41, 5.74) is 0.955. The van der Waals surface area contributed by atoms with Crippen LogP contribution in [0.1, 0.15) is 11.3 Å². The molecule has 3 nitrogen and oxygen atoms in total. The van der Waals surface area contributed by atoms with Gasteiger partial charge in [0.25, 0.3) is 0 Å². The van der Waals surface area contributed by atoms with Crippen molar-refractivity contribution in [3.63, 3.8) is 0 Å². The van der Waals surface area contributed by atoms with Gasteiger partial charge in [-0.3, -0.25) is 0 Å². The van der Waals surface area contributed by atoms with E-state index in [1.54, 1.807) is 25.1 Å². The summed E-state index contributed by atoms with van der Waals surface area (Å²) >= 11 is 0. The van der Waals surface area contributed by atoms with Gasteiger partial charge in [-0.25, -0.2) is 9.37 Å². The zero-order valence-electron chi connectivity index (χ0n) is 9.14. The lowest BCUT2D eigenvalue weighted by atomic mass is 10.2. The summed E-state index contributed by atoms with van der Waals surface area (Å²) in [7, 11) is 0. The summed E-state index contributed by atoms with van der Waals surface area (Å²) in [5, 5.41) is 8.70. The highest BCUT2D eigenvalue weighted by molar-refractivity contribution is 5.36. The fourth-order valence-corrected chi connectivity index (χ4v) is 1.37. The van der Waals surface area contributed by atoms with Gasteiger partial charge in [-0.15, -0.1) is 0 Å². The van der Waals surface area contributed by atoms with Crippen LogP contribution in [0.5, 0.6) is 11.6 Å². The molecule has 1 aromatic carbocycles. The normalized spacial score (nSPS) is 9.71. The molecule has 0 aliphatic heterocycles. The number of pyridine rings is 1. The van der Waals surface area contributed by atoms with Crippen LogP contribution in [-0.4, -0.2) is 4.98 Å². The monoisotopic (exact) mass is 228 g/mol. The molecule has 0 amide bonds. The van der Waals surface area contributed by atoms with E-state index in [9.17, 15) is 4.39 Å². The van der Waals surface area contributed by atoms with Crippen LogP contribution in [0.25, 0.3) is 0 Å². The van der Waals surface area contributed by atoms with Gasteiger partial charge < -0.3 is 4.74 Å². The third kappa shape index (κ3) is 2.58. The lowest BCUT2D eigenvalue weighted by Gasteiger charge is -2.07. The number of nitriles is 1. The Morgan fingerprint density at radius 1 is 1.29 bits per heavy atom. The van der Waals surface area contributed by atoms with Gasteiger partial charge in [-0.1, -0.05) is 6.07 Å². The Morgan fingerprint density at radius 2 is 2.12 bits per heavy atom. The molecule has 4 heteroatoms. The van der Waals surface area contributed by atoms with E-state index in [2.05, 4.69) is 4.98 Å². The Labute approximate surface area is 98.1 Å². The molecule has 0 spiro atoms. The second-order valence-corrected chi connectivity index (χ2v) is 3.48. The third-order valence-electron chi connectivity index (χ3n) is 2.19. The number of ether oxygens (including phenoxy) is 1. The molecule has 0 radical (unpaired) electrons. The molecular formula is C13H9FN2O. The minimum Gasteiger partial charge on any atom is -0.439 e. The molecule has 17 heavy (non-hydrogen) atoms. The predicted molar refractivity (Wildman–Crippen MR) is 60.2 cm³/mol. The van der Waals surface area contributed by atoms with Crippen LogP contribution in [0.2, 0.25) is 0 Å². The smallest absolute Gasteiger partial charge is 0.220 e. The topological polar surface area (TPSA) is 45.9 Å². The first-order valence-electron chi connectivity index (χ1n) is 5.00. The van der Waals surface area contributed by atoms with Gasteiger partial charge in [0.05, 0.1) is 0 Å². The number of hydrogen-bond donors (Lipinski definition) is 0. The van der Waals surface area contributed by atoms with Crippen LogP contribution in [0, 0.1) is 24.1 Å². The molecule has 0 bridgehead atoms. The summed E-state index contributed by atoms with van der Waals surface area (Å²) in [6.45, 7) is 1.74. The largest absolute Gasteiger partial charge is 0.439 e. The first kappa shape index (κ1) is 11.1. The standard InChI is InChI=1S/C13H9FN2O/c1-9-7-10(14)5-6-12(9)17-13-4-2-3-11(8-15)16-13/h2-7H,1H3. The van der Waals surface area contributed by atoms with Gasteiger partial charge in [0.15, 0.2) is 0 Å². The van der Waals surface area contributed by atoms with E-state index < -0.39 is 0 Å². The number of aromatic nitrogens is 1. The van der Waals surface area contributed by atoms with Gasteiger partial charge >= 0.3 is 0 Å². The molecule has 2 rings (SSSR count). The van der Waals surface area contributed by atoms with Crippen molar-refractivity contribution in [2.24, 2.45) is 0 Å². The van der Waals surface area contributed by atoms with E-state index in [1.165, 1.54) is 18.2 Å². The molecular weight excluding hydrogens is 219 g/mol. The number of nitrogens with zero attached hydrogens (tertiary/aromatic N) is 2. The Kier molecular flexibility index (Phi) is 3.01. The van der Waals surface area contributed by atoms with Crippen LogP contribution >= 0.6 is 0 Å². The maximum Gasteiger partial charge on any atom is 0.220 e. The van der Waals surface area contributed by atoms with Crippen LogP contribution in [-0.2, 0) is 0 Å². The van der Waals surface area contributed by atoms with E-state index >= 15 is 0 Å². The summed E-state index contributed by atoms with van der Waals surface area (Å²) in [5.74, 6) is 0.529. The lowest BCUT2D eigenvalue weighted by Crippen LogP contribution is -1.92. The number of aryl methyl sites for hydroxylation is 1. The minimum absolute atomic E-state index is 0.280. The van der Waals surface area contributed by atoms with Crippen LogP contribution in [0.3, 0.4) is 0 Å². The molecule has 2 aromatic rings. The van der Waals surface area contributed by atoms with Gasteiger partial charge in [-0.05, 0) is 36.8 Å². The van der Waals surface area contributed by atoms with Crippen molar-refractivity contribution < 1.29 is 9.13 Å². The second kappa shape index (κ2) is 4.62. The quantitative estimate of drug-likeness (QED) is 0.792. The molecule has 0 N–H and O–H groups in total. The highest BCUT2D eigenvalue weighted by atomic mass is 19.1. The Balaban J connectivity index is 2.28. The van der Waals surface area contributed by atoms with Crippen molar-refractivity contribution in [1.29, 1.82) is 5.26 Å². The van der Waals surface area contributed by atoms with E-state index in [-0.39, 0.29) is 11.5 Å². The van der Waals surface area contributed by atoms with Crippen LogP contribution in [0.15, 0.2) is 36.4 Å². The van der Waals surface area contributed by atoms with E-state index in [1.807, 2.05) is 6.07 Å². The molecule has 0 aliphatic carbocycles. The summed E-state index contributed by atoms with van der Waals surface area (Å²) in [6, 6.07) is 11.1. The fourth-order valence-electron chi connectivity index (χ4n) is 1.37. The summed E-state index contributed by atoms with van der Waals surface area (Å²) < 4.78 is 18.4. The maximum atomic E-state index is 12.9. The van der Waals surface area contributed by atoms with Crippen LogP contribution in [0.4, 0.5) is 4.39 Å². The molecule has 0 unspecified atom stereocenters. The average Bonchev–Trinajstić information content (AvgIpc) is 2.33. The highest BCUT2D eigenvalue weighted by Gasteiger charge is 2.04. The Hall–Kier alpha value is -2.41. The molecule has 0 atom stereocenters. The molecule has 0 saturated carbocycles. The van der Waals surface area contributed by atoms with Crippen molar-refractivity contribution in [2.45, 2.75) is 6.92 Å². The third-order valence-corrected chi connectivity index (χ3v) is 2.19. The lowest BCUT2D eigenvalue weighted by molar-refractivity contribution is 0.457. The first-order chi connectivity index (χ1) is 8.19. The first-order valence-corrected chi connectivity index (χ1v) is 5.00. The number of rotatable bonds is 2. The molecule has 84 valence electrons. The number of hydrogen-bond acceptors (Lipinski definition) is 3. The summed E-state index contributed by atoms with van der Waals surface area (Å²) in [4.78, 5) is 3.97. The predicted octanol–water partition coefficient (Wildman–Crippen LogP) is 3.19. The second-order valence-electron chi connectivity index (χ2n) is 3.48. The van der Waals surface area contributed by atoms with Crippen molar-refractivity contribution in [2.75, 3.05) is 0 Å². The fraction of sp³-hybridized carbons (Fsp3) is 0.0769. The Bertz CT molecular complexity index is 590. The molecule has 0 aliphatic rings. The van der Waals surface area contributed by atoms with Crippen molar-refractivity contribution in [3.8, 4) is 17.7 Å². The maximum absolute atomic E-state index is 12.9. The SMILES string of the molecule is Cc1cc(F)ccc1Oc1cccc(C#N)n1. The summed E-state index contributed by atoms with van der Waals surface area (Å²) in [6.07, 6.45) is 0. The number of benzene rings is 1. The van der Waals surface area contributed by atoms with Gasteiger partial charge in [0.1, 0.15) is 23.3 Å². The number of halogens is 1. The van der Waals surface area contributed by atoms with Gasteiger partial charge in [-0.2, -0.15) is 5.26 Å². The van der Waals surface area contributed by atoms with Crippen molar-refractivity contribution in [1.82, 2.24) is 4.98 Å². The zero-order valence-corrected chi connectivity index (χ0v) is 9.14. The van der Waals surface area contributed by atoms with Crippen LogP contribution < -0.4 is 4.74 Å². The Morgan fingerprint density at radius 3 is 2.82 bits per heavy atom. The highest BCUT2D eigenvalue weighted by Crippen LogP contribution is 2.24. The van der Waals surface area contributed by atoms with Crippen molar-refractivity contribution in [3.05, 3.63) is 53.5 Å². The molecule has 0 saturated heterocycles. The zero-order chi connectivity index (χ0) is 12.3. The van der Waals surface area contributed by atoms with E-state index in [0.29, 0.717) is 17.2 Å². The molecule has 1 heterocycles. The molecule has 0 fully saturated rings. The van der Waals surface area contributed by atoms with E-state index in [0.717, 1.165) is 0 Å². The molecule has 1 aromatic heterocycles. The van der Waals surface area contributed by atoms with E-state index in [4.69, 9.17) is 10.00 Å².